The zero-order chi connectivity index (χ0) is 19.9. The van der Waals surface area contributed by atoms with E-state index in [4.69, 9.17) is 0 Å². The normalized spacial score (nSPS) is 15.5. The minimum atomic E-state index is -1.03. The second-order valence-corrected chi connectivity index (χ2v) is 7.24. The van der Waals surface area contributed by atoms with Gasteiger partial charge in [0.2, 0.25) is 0 Å². The number of hydrogen-bond donors (Lipinski definition) is 1. The molecule has 1 N–H and O–H groups in total. The Labute approximate surface area is 165 Å². The summed E-state index contributed by atoms with van der Waals surface area (Å²) in [7, 11) is 0. The molecule has 1 unspecified atom stereocenters. The van der Waals surface area contributed by atoms with Crippen LogP contribution in [0.25, 0.3) is 0 Å². The summed E-state index contributed by atoms with van der Waals surface area (Å²) in [4.78, 5) is 32.7. The van der Waals surface area contributed by atoms with Gasteiger partial charge in [-0.1, -0.05) is 43.2 Å². The molecule has 148 valence electrons. The molecule has 1 aliphatic heterocycles. The maximum atomic E-state index is 13.0. The first kappa shape index (κ1) is 19.9. The summed E-state index contributed by atoms with van der Waals surface area (Å²) >= 11 is 0. The lowest BCUT2D eigenvalue weighted by Gasteiger charge is -2.27. The minimum Gasteiger partial charge on any atom is -0.480 e. The van der Waals surface area contributed by atoms with Crippen molar-refractivity contribution < 1.29 is 14.7 Å². The van der Waals surface area contributed by atoms with E-state index < -0.39 is 12.0 Å². The van der Waals surface area contributed by atoms with E-state index in [2.05, 4.69) is 9.88 Å². The molecule has 2 heterocycles. The molecule has 3 rings (SSSR count). The number of amides is 1. The maximum absolute atomic E-state index is 13.0. The second-order valence-electron chi connectivity index (χ2n) is 7.24. The van der Waals surface area contributed by atoms with E-state index in [1.165, 1.54) is 24.7 Å². The topological polar surface area (TPSA) is 73.7 Å². The fourth-order valence-corrected chi connectivity index (χ4v) is 3.46. The number of benzene rings is 1. The van der Waals surface area contributed by atoms with Crippen LogP contribution in [0.2, 0.25) is 0 Å². The predicted octanol–water partition coefficient (Wildman–Crippen LogP) is 3.58. The highest BCUT2D eigenvalue weighted by Crippen LogP contribution is 2.19. The molecule has 1 amide bonds. The number of rotatable bonds is 6. The van der Waals surface area contributed by atoms with Gasteiger partial charge in [-0.15, -0.1) is 0 Å². The van der Waals surface area contributed by atoms with Crippen molar-refractivity contribution in [2.24, 2.45) is 0 Å². The molecule has 2 aromatic rings. The van der Waals surface area contributed by atoms with Crippen LogP contribution in [0.3, 0.4) is 0 Å². The Kier molecular flexibility index (Phi) is 6.63. The van der Waals surface area contributed by atoms with Gasteiger partial charge in [0.15, 0.2) is 0 Å². The molecule has 6 heteroatoms. The molecule has 1 aliphatic rings. The molecule has 28 heavy (non-hydrogen) atoms. The van der Waals surface area contributed by atoms with Crippen molar-refractivity contribution >= 4 is 17.7 Å². The Morgan fingerprint density at radius 2 is 1.75 bits per heavy atom. The first-order valence-electron chi connectivity index (χ1n) is 9.85. The molecule has 1 aromatic heterocycles. The lowest BCUT2D eigenvalue weighted by Crippen LogP contribution is -2.42. The molecule has 0 aliphatic carbocycles. The zero-order valence-corrected chi connectivity index (χ0v) is 16.3. The van der Waals surface area contributed by atoms with Gasteiger partial charge in [0.25, 0.3) is 5.91 Å². The lowest BCUT2D eigenvalue weighted by molar-refractivity contribution is -0.141. The molecule has 0 saturated carbocycles. The van der Waals surface area contributed by atoms with E-state index in [0.29, 0.717) is 5.56 Å². The van der Waals surface area contributed by atoms with E-state index in [9.17, 15) is 14.7 Å². The fourth-order valence-electron chi connectivity index (χ4n) is 3.46. The van der Waals surface area contributed by atoms with Crippen LogP contribution in [0.1, 0.15) is 48.5 Å². The van der Waals surface area contributed by atoms with Gasteiger partial charge in [-0.3, -0.25) is 4.79 Å². The zero-order valence-electron chi connectivity index (χ0n) is 16.3. The van der Waals surface area contributed by atoms with Crippen molar-refractivity contribution in [1.82, 2.24) is 9.88 Å². The van der Waals surface area contributed by atoms with E-state index in [0.717, 1.165) is 37.3 Å². The van der Waals surface area contributed by atoms with Gasteiger partial charge < -0.3 is 14.9 Å². The molecule has 1 fully saturated rings. The van der Waals surface area contributed by atoms with Gasteiger partial charge in [0.1, 0.15) is 11.9 Å². The van der Waals surface area contributed by atoms with Crippen LogP contribution < -0.4 is 4.90 Å². The van der Waals surface area contributed by atoms with Crippen molar-refractivity contribution in [1.29, 1.82) is 0 Å². The van der Waals surface area contributed by atoms with Gasteiger partial charge in [0, 0.05) is 25.8 Å². The molecule has 1 saturated heterocycles. The molecule has 0 spiro atoms. The summed E-state index contributed by atoms with van der Waals surface area (Å²) in [6.07, 6.45) is 6.37. The summed E-state index contributed by atoms with van der Waals surface area (Å²) in [6, 6.07) is 12.1. The number of aromatic nitrogens is 1. The Bertz CT molecular complexity index is 784. The maximum Gasteiger partial charge on any atom is 0.326 e. The number of carboxylic acids is 1. The average Bonchev–Trinajstić information content (AvgIpc) is 3.01. The lowest BCUT2D eigenvalue weighted by atomic mass is 10.1. The van der Waals surface area contributed by atoms with Crippen LogP contribution in [0.4, 0.5) is 5.82 Å². The van der Waals surface area contributed by atoms with E-state index in [1.54, 1.807) is 12.3 Å². The second kappa shape index (κ2) is 9.35. The predicted molar refractivity (Wildman–Crippen MR) is 108 cm³/mol. The van der Waals surface area contributed by atoms with Crippen LogP contribution >= 0.6 is 0 Å². The number of hydrogen-bond acceptors (Lipinski definition) is 4. The molecule has 1 aromatic carbocycles. The molecule has 0 radical (unpaired) electrons. The molecule has 0 bridgehead atoms. The third kappa shape index (κ3) is 4.88. The summed E-state index contributed by atoms with van der Waals surface area (Å²) in [5.74, 6) is -0.480. The van der Waals surface area contributed by atoms with Gasteiger partial charge >= 0.3 is 5.97 Å². The van der Waals surface area contributed by atoms with Crippen molar-refractivity contribution in [3.63, 3.8) is 0 Å². The molecular weight excluding hydrogens is 354 g/mol. The molecular formula is C22H27N3O3. The number of carboxylic acid groups (broad SMARTS) is 1. The van der Waals surface area contributed by atoms with Crippen molar-refractivity contribution in [2.45, 2.75) is 45.2 Å². The first-order chi connectivity index (χ1) is 13.6. The van der Waals surface area contributed by atoms with Crippen LogP contribution in [0, 0.1) is 0 Å². The van der Waals surface area contributed by atoms with Gasteiger partial charge in [0.05, 0.1) is 5.56 Å². The Morgan fingerprint density at radius 1 is 1.07 bits per heavy atom. The number of pyridine rings is 1. The van der Waals surface area contributed by atoms with E-state index in [-0.39, 0.29) is 12.5 Å². The van der Waals surface area contributed by atoms with Crippen LogP contribution in [-0.4, -0.2) is 46.0 Å². The summed E-state index contributed by atoms with van der Waals surface area (Å²) in [6.45, 7) is 3.73. The van der Waals surface area contributed by atoms with Crippen LogP contribution in [-0.2, 0) is 11.3 Å². The third-order valence-electron chi connectivity index (χ3n) is 5.21. The number of nitrogens with zero attached hydrogens (tertiary/aromatic N) is 3. The van der Waals surface area contributed by atoms with Gasteiger partial charge in [-0.2, -0.15) is 0 Å². The quantitative estimate of drug-likeness (QED) is 0.828. The number of aliphatic carboxylic acids is 1. The van der Waals surface area contributed by atoms with Crippen LogP contribution in [0.5, 0.6) is 0 Å². The van der Waals surface area contributed by atoms with Crippen LogP contribution in [0.15, 0.2) is 48.7 Å². The smallest absolute Gasteiger partial charge is 0.326 e. The summed E-state index contributed by atoms with van der Waals surface area (Å²) in [5.41, 5.74) is 1.29. The standard InChI is InChI=1S/C22H27N3O3/c1-17(22(27)28)25(16-18-9-5-4-6-10-18)21(26)19-11-12-20(23-15-19)24-13-7-2-3-8-14-24/h4-6,9-12,15,17H,2-3,7-8,13-14,16H2,1H3,(H,27,28). The Hall–Kier alpha value is -2.89. The van der Waals surface area contributed by atoms with Gasteiger partial charge in [-0.25, -0.2) is 9.78 Å². The highest BCUT2D eigenvalue weighted by molar-refractivity contribution is 5.96. The SMILES string of the molecule is CC(C(=O)O)N(Cc1ccccc1)C(=O)c1ccc(N2CCCCCC2)nc1. The molecule has 1 atom stereocenters. The first-order valence-corrected chi connectivity index (χ1v) is 9.85. The Morgan fingerprint density at radius 3 is 2.32 bits per heavy atom. The van der Waals surface area contributed by atoms with Crippen molar-refractivity contribution in [3.05, 3.63) is 59.8 Å². The number of carbonyl (C=O) groups excluding carboxylic acids is 1. The fraction of sp³-hybridized carbons (Fsp3) is 0.409. The average molecular weight is 381 g/mol. The number of carbonyl (C=O) groups is 2. The van der Waals surface area contributed by atoms with Gasteiger partial charge in [-0.05, 0) is 37.5 Å². The van der Waals surface area contributed by atoms with Crippen molar-refractivity contribution in [2.75, 3.05) is 18.0 Å². The summed E-state index contributed by atoms with van der Waals surface area (Å²) in [5, 5.41) is 9.45. The highest BCUT2D eigenvalue weighted by Gasteiger charge is 2.27. The Balaban J connectivity index is 1.78. The minimum absolute atomic E-state index is 0.237. The van der Waals surface area contributed by atoms with E-state index >= 15 is 0 Å². The molecule has 6 nitrogen and oxygen atoms in total. The summed E-state index contributed by atoms with van der Waals surface area (Å²) < 4.78 is 0. The van der Waals surface area contributed by atoms with E-state index in [1.807, 2.05) is 36.4 Å². The monoisotopic (exact) mass is 381 g/mol. The third-order valence-corrected chi connectivity index (χ3v) is 5.21. The number of anilines is 1. The highest BCUT2D eigenvalue weighted by atomic mass is 16.4. The largest absolute Gasteiger partial charge is 0.480 e. The van der Waals surface area contributed by atoms with Crippen molar-refractivity contribution in [3.8, 4) is 0 Å².